The van der Waals surface area contributed by atoms with Crippen molar-refractivity contribution in [3.8, 4) is 0 Å². The van der Waals surface area contributed by atoms with Crippen molar-refractivity contribution in [3.63, 3.8) is 0 Å². The van der Waals surface area contributed by atoms with Crippen LogP contribution in [-0.2, 0) is 13.7 Å². The Morgan fingerprint density at radius 1 is 0.636 bits per heavy atom. The third kappa shape index (κ3) is 5.30. The summed E-state index contributed by atoms with van der Waals surface area (Å²) in [7, 11) is -6.73. The van der Waals surface area contributed by atoms with Crippen LogP contribution in [0.5, 0.6) is 0 Å². The summed E-state index contributed by atoms with van der Waals surface area (Å²) in [5, 5.41) is 0. The van der Waals surface area contributed by atoms with Gasteiger partial charge in [0.25, 0.3) is 0 Å². The van der Waals surface area contributed by atoms with E-state index in [0.29, 0.717) is 0 Å². The molecule has 4 aromatic rings. The Hall–Kier alpha value is -0.670. The molecule has 0 N–H and O–H groups in total. The van der Waals surface area contributed by atoms with Crippen LogP contribution < -0.4 is 0 Å². The summed E-state index contributed by atoms with van der Waals surface area (Å²) in [5.74, 6) is 0. The maximum atomic E-state index is 13.8. The van der Waals surface area contributed by atoms with Crippen LogP contribution in [0.15, 0.2) is 117 Å². The third-order valence-corrected chi connectivity index (χ3v) is 13.2. The van der Waals surface area contributed by atoms with Crippen molar-refractivity contribution in [1.29, 1.82) is 0 Å². The van der Waals surface area contributed by atoms with Crippen molar-refractivity contribution in [2.24, 2.45) is 0 Å². The molecule has 0 aliphatic heterocycles. The molecule has 0 unspecified atom stereocenters. The van der Waals surface area contributed by atoms with E-state index in [1.165, 1.54) is 0 Å². The first-order valence-corrected chi connectivity index (χ1v) is 16.1. The molecule has 0 aliphatic carbocycles. The highest BCUT2D eigenvalue weighted by Gasteiger charge is 2.41. The molecule has 0 radical (unpaired) electrons. The van der Waals surface area contributed by atoms with Crippen molar-refractivity contribution < 1.29 is 12.0 Å². The largest absolute Gasteiger partial charge is 0.307 e. The van der Waals surface area contributed by atoms with Crippen molar-refractivity contribution in [2.75, 3.05) is 0 Å². The molecule has 0 fully saturated rings. The van der Waals surface area contributed by atoms with E-state index < -0.39 is 20.4 Å². The van der Waals surface area contributed by atoms with Gasteiger partial charge in [-0.05, 0) is 134 Å². The first-order valence-electron chi connectivity index (χ1n) is 9.85. The fraction of sp³-hybridized carbons (Fsp3) is 0.0400. The summed E-state index contributed by atoms with van der Waals surface area (Å²) in [6, 6.07) is 30.3. The minimum absolute atomic E-state index is 0.146. The molecule has 170 valence electrons. The Bertz CT molecular complexity index is 1310. The summed E-state index contributed by atoms with van der Waals surface area (Å²) in [4.78, 5) is 2.68. The molecule has 4 aromatic carbocycles. The van der Waals surface area contributed by atoms with Gasteiger partial charge in [-0.2, -0.15) is 8.42 Å². The van der Waals surface area contributed by atoms with Gasteiger partial charge in [0.15, 0.2) is 0 Å². The van der Waals surface area contributed by atoms with Gasteiger partial charge in [-0.25, -0.2) is 3.63 Å². The van der Waals surface area contributed by atoms with Crippen LogP contribution in [-0.4, -0.2) is 8.42 Å². The summed E-state index contributed by atoms with van der Waals surface area (Å²) < 4.78 is 37.0. The Morgan fingerprint density at radius 3 is 1.55 bits per heavy atom. The Labute approximate surface area is 237 Å². The minimum Gasteiger partial charge on any atom is -0.203 e. The van der Waals surface area contributed by atoms with Crippen LogP contribution in [0.4, 0.5) is 0 Å². The van der Waals surface area contributed by atoms with Gasteiger partial charge in [-0.3, -0.25) is 0 Å². The maximum absolute atomic E-state index is 13.8. The summed E-state index contributed by atoms with van der Waals surface area (Å²) in [6.45, 7) is 1.93. The van der Waals surface area contributed by atoms with E-state index in [4.69, 9.17) is 3.63 Å². The fourth-order valence-corrected chi connectivity index (χ4v) is 14.1. The molecule has 0 saturated carbocycles. The zero-order valence-electron chi connectivity index (χ0n) is 17.4. The predicted octanol–water partition coefficient (Wildman–Crippen LogP) is 8.41. The van der Waals surface area contributed by atoms with Gasteiger partial charge in [0.1, 0.15) is 0 Å². The lowest BCUT2D eigenvalue weighted by Crippen LogP contribution is -2.16. The number of hydrogen-bond donors (Lipinski definition) is 0. The number of hydrogen-bond acceptors (Lipinski definition) is 3. The molecule has 33 heavy (non-hydrogen) atoms. The number of benzene rings is 4. The van der Waals surface area contributed by atoms with Crippen LogP contribution in [0.1, 0.15) is 5.56 Å². The standard InChI is InChI=1S/C25H19I3O3S2/c1-18-12-14-22(15-13-18)33(29,30)31-32(20-8-4-2-5-9-20,21-10-6-3-7-11-21)25-23(27)16-19(26)17-24(25)28/h2-17H,1H3. The van der Waals surface area contributed by atoms with E-state index in [9.17, 15) is 8.42 Å². The smallest absolute Gasteiger partial charge is 0.203 e. The molecule has 0 saturated heterocycles. The quantitative estimate of drug-likeness (QED) is 0.184. The van der Waals surface area contributed by atoms with Gasteiger partial charge in [0, 0.05) is 25.4 Å². The monoisotopic (exact) mass is 812 g/mol. The second-order valence-electron chi connectivity index (χ2n) is 7.22. The van der Waals surface area contributed by atoms with Crippen LogP contribution in [0.3, 0.4) is 0 Å². The highest BCUT2D eigenvalue weighted by molar-refractivity contribution is 14.1. The van der Waals surface area contributed by atoms with E-state index in [-0.39, 0.29) is 4.90 Å². The van der Waals surface area contributed by atoms with Gasteiger partial charge in [0.05, 0.1) is 4.90 Å². The Balaban J connectivity index is 2.08. The Morgan fingerprint density at radius 2 is 1.09 bits per heavy atom. The molecule has 8 heteroatoms. The molecule has 0 heterocycles. The van der Waals surface area contributed by atoms with Crippen LogP contribution in [0.25, 0.3) is 0 Å². The zero-order valence-corrected chi connectivity index (χ0v) is 25.5. The maximum Gasteiger partial charge on any atom is 0.307 e. The van der Waals surface area contributed by atoms with E-state index >= 15 is 0 Å². The summed E-state index contributed by atoms with van der Waals surface area (Å²) in [5.41, 5.74) is 0.986. The number of aryl methyl sites for hydroxylation is 1. The summed E-state index contributed by atoms with van der Waals surface area (Å²) in [6.07, 6.45) is 0. The SMILES string of the molecule is Cc1ccc(S(=O)(=O)OS(c2ccccc2)(c2ccccc2)c2c(I)cc(I)cc2I)cc1. The molecule has 0 atom stereocenters. The second-order valence-corrected chi connectivity index (χ2v) is 15.2. The van der Waals surface area contributed by atoms with Crippen molar-refractivity contribution in [2.45, 2.75) is 26.5 Å². The number of rotatable bonds is 6. The normalized spacial score (nSPS) is 12.5. The minimum atomic E-state index is -4.09. The molecular formula is C25H19I3O3S2. The molecule has 0 amide bonds. The molecule has 0 spiro atoms. The average molecular weight is 812 g/mol. The van der Waals surface area contributed by atoms with Crippen molar-refractivity contribution >= 4 is 88.2 Å². The van der Waals surface area contributed by atoms with Gasteiger partial charge in [-0.1, -0.05) is 54.1 Å². The lowest BCUT2D eigenvalue weighted by Gasteiger charge is -2.40. The first-order chi connectivity index (χ1) is 15.7. The molecule has 0 bridgehead atoms. The van der Waals surface area contributed by atoms with E-state index in [1.54, 1.807) is 24.3 Å². The van der Waals surface area contributed by atoms with Crippen LogP contribution in [0.2, 0.25) is 0 Å². The molecule has 0 aromatic heterocycles. The van der Waals surface area contributed by atoms with Crippen LogP contribution >= 0.6 is 78.1 Å². The fourth-order valence-electron chi connectivity index (χ4n) is 3.39. The predicted molar refractivity (Wildman–Crippen MR) is 159 cm³/mol. The highest BCUT2D eigenvalue weighted by atomic mass is 127. The summed E-state index contributed by atoms with van der Waals surface area (Å²) >= 11 is 6.88. The van der Waals surface area contributed by atoms with Gasteiger partial charge >= 0.3 is 10.1 Å². The van der Waals surface area contributed by atoms with E-state index in [0.717, 1.165) is 31.0 Å². The zero-order chi connectivity index (χ0) is 23.6. The first kappa shape index (κ1) is 25.4. The van der Waals surface area contributed by atoms with E-state index in [2.05, 4.69) is 79.9 Å². The van der Waals surface area contributed by atoms with Crippen molar-refractivity contribution in [1.82, 2.24) is 0 Å². The molecule has 4 rings (SSSR count). The lowest BCUT2D eigenvalue weighted by molar-refractivity contribution is 0.508. The van der Waals surface area contributed by atoms with Gasteiger partial charge in [0.2, 0.25) is 0 Å². The molecule has 0 aliphatic rings. The second kappa shape index (κ2) is 10.5. The van der Waals surface area contributed by atoms with E-state index in [1.807, 2.05) is 67.6 Å². The van der Waals surface area contributed by atoms with Crippen LogP contribution in [0, 0.1) is 17.6 Å². The van der Waals surface area contributed by atoms with Crippen molar-refractivity contribution in [3.05, 3.63) is 113 Å². The topological polar surface area (TPSA) is 43.4 Å². The third-order valence-electron chi connectivity index (χ3n) is 4.90. The number of halogens is 3. The molecule has 3 nitrogen and oxygen atoms in total. The highest BCUT2D eigenvalue weighted by Crippen LogP contribution is 2.72. The average Bonchev–Trinajstić information content (AvgIpc) is 2.79. The molecular weight excluding hydrogens is 793 g/mol. The lowest BCUT2D eigenvalue weighted by atomic mass is 10.2. The van der Waals surface area contributed by atoms with Gasteiger partial charge < -0.3 is 0 Å². The van der Waals surface area contributed by atoms with Gasteiger partial charge in [-0.15, -0.1) is 0 Å². The Kier molecular flexibility index (Phi) is 8.11.